The van der Waals surface area contributed by atoms with E-state index in [4.69, 9.17) is 9.47 Å². The summed E-state index contributed by atoms with van der Waals surface area (Å²) >= 11 is 0. The van der Waals surface area contributed by atoms with E-state index in [1.165, 1.54) is 4.90 Å². The van der Waals surface area contributed by atoms with Crippen LogP contribution < -0.4 is 19.7 Å². The Labute approximate surface area is 154 Å². The molecule has 0 bridgehead atoms. The Balaban J connectivity index is 1.71. The van der Waals surface area contributed by atoms with E-state index in [1.54, 1.807) is 14.2 Å². The summed E-state index contributed by atoms with van der Waals surface area (Å²) in [6.07, 6.45) is 2.16. The first-order chi connectivity index (χ1) is 12.6. The number of quaternary nitrogens is 1. The van der Waals surface area contributed by atoms with Crippen LogP contribution in [0.3, 0.4) is 0 Å². The summed E-state index contributed by atoms with van der Waals surface area (Å²) < 4.78 is 10.9. The summed E-state index contributed by atoms with van der Waals surface area (Å²) in [6.45, 7) is 3.46. The molecule has 2 N–H and O–H groups in total. The minimum Gasteiger partial charge on any atom is -0.497 e. The minimum atomic E-state index is 0.0463. The van der Waals surface area contributed by atoms with Crippen molar-refractivity contribution in [2.24, 2.45) is 0 Å². The van der Waals surface area contributed by atoms with Gasteiger partial charge in [0.2, 0.25) is 0 Å². The molecule has 0 aliphatic carbocycles. The van der Waals surface area contributed by atoms with Crippen molar-refractivity contribution in [2.45, 2.75) is 25.8 Å². The molecule has 1 fully saturated rings. The van der Waals surface area contributed by atoms with Crippen molar-refractivity contribution in [2.75, 3.05) is 32.6 Å². The van der Waals surface area contributed by atoms with Gasteiger partial charge in [-0.1, -0.05) is 12.1 Å². The van der Waals surface area contributed by atoms with Crippen molar-refractivity contribution < 1.29 is 19.2 Å². The first-order valence-electron chi connectivity index (χ1n) is 9.03. The molecule has 1 unspecified atom stereocenters. The Morgan fingerprint density at radius 3 is 2.77 bits per heavy atom. The smallest absolute Gasteiger partial charge is 0.279 e. The third-order valence-corrected chi connectivity index (χ3v) is 4.99. The monoisotopic (exact) mass is 355 g/mol. The van der Waals surface area contributed by atoms with Gasteiger partial charge in [-0.15, -0.1) is 0 Å². The molecule has 5 nitrogen and oxygen atoms in total. The van der Waals surface area contributed by atoms with Crippen LogP contribution >= 0.6 is 0 Å². The van der Waals surface area contributed by atoms with Gasteiger partial charge in [-0.05, 0) is 36.8 Å². The summed E-state index contributed by atoms with van der Waals surface area (Å²) in [6, 6.07) is 14.1. The number of hydrogen-bond acceptors (Lipinski definition) is 3. The Morgan fingerprint density at radius 2 is 2.04 bits per heavy atom. The van der Waals surface area contributed by atoms with Crippen LogP contribution in [0.4, 0.5) is 5.69 Å². The molecule has 0 radical (unpaired) electrons. The fraction of sp³-hybridized carbons (Fsp3) is 0.381. The Bertz CT molecular complexity index is 776. The quantitative estimate of drug-likeness (QED) is 0.836. The molecule has 2 aromatic carbocycles. The number of benzene rings is 2. The second kappa shape index (κ2) is 8.23. The number of carbonyl (C=O) groups is 1. The van der Waals surface area contributed by atoms with Gasteiger partial charge in [0.1, 0.15) is 17.5 Å². The van der Waals surface area contributed by atoms with E-state index in [9.17, 15) is 4.79 Å². The summed E-state index contributed by atoms with van der Waals surface area (Å²) in [4.78, 5) is 13.8. The molecule has 5 heteroatoms. The predicted octanol–water partition coefficient (Wildman–Crippen LogP) is 2.37. The third-order valence-electron chi connectivity index (χ3n) is 4.99. The summed E-state index contributed by atoms with van der Waals surface area (Å²) in [7, 11) is 3.33. The number of hydrogen-bond donors (Lipinski definition) is 2. The lowest BCUT2D eigenvalue weighted by Crippen LogP contribution is -3.11. The van der Waals surface area contributed by atoms with Crippen molar-refractivity contribution in [1.29, 1.82) is 0 Å². The molecule has 3 rings (SSSR count). The zero-order valence-electron chi connectivity index (χ0n) is 15.7. The fourth-order valence-electron chi connectivity index (χ4n) is 3.74. The molecular weight excluding hydrogens is 328 g/mol. The first-order valence-corrected chi connectivity index (χ1v) is 9.03. The van der Waals surface area contributed by atoms with E-state index < -0.39 is 0 Å². The van der Waals surface area contributed by atoms with E-state index in [0.717, 1.165) is 47.7 Å². The van der Waals surface area contributed by atoms with Crippen molar-refractivity contribution in [3.8, 4) is 11.5 Å². The van der Waals surface area contributed by atoms with Crippen LogP contribution in [0.25, 0.3) is 0 Å². The SMILES string of the molecule is COc1ccc([C@H]2CCC[NH+]2CC(=O)Nc2cccc(C)c2)c(OC)c1. The van der Waals surface area contributed by atoms with Crippen LogP contribution in [0.1, 0.15) is 30.0 Å². The maximum Gasteiger partial charge on any atom is 0.279 e. The zero-order valence-corrected chi connectivity index (χ0v) is 15.7. The molecule has 1 aliphatic heterocycles. The van der Waals surface area contributed by atoms with Gasteiger partial charge < -0.3 is 19.7 Å². The predicted molar refractivity (Wildman–Crippen MR) is 102 cm³/mol. The molecule has 0 saturated carbocycles. The second-order valence-corrected chi connectivity index (χ2v) is 6.81. The maximum absolute atomic E-state index is 12.5. The Morgan fingerprint density at radius 1 is 1.19 bits per heavy atom. The molecule has 26 heavy (non-hydrogen) atoms. The van der Waals surface area contributed by atoms with E-state index in [2.05, 4.69) is 11.4 Å². The Hall–Kier alpha value is -2.53. The maximum atomic E-state index is 12.5. The van der Waals surface area contributed by atoms with Gasteiger partial charge in [0, 0.05) is 24.6 Å². The van der Waals surface area contributed by atoms with Crippen LogP contribution in [0.15, 0.2) is 42.5 Å². The van der Waals surface area contributed by atoms with Gasteiger partial charge in [-0.2, -0.15) is 0 Å². The van der Waals surface area contributed by atoms with Crippen LogP contribution in [-0.2, 0) is 4.79 Å². The number of methoxy groups -OCH3 is 2. The lowest BCUT2D eigenvalue weighted by atomic mass is 10.0. The van der Waals surface area contributed by atoms with Crippen molar-refractivity contribution in [3.63, 3.8) is 0 Å². The molecule has 0 aromatic heterocycles. The molecule has 0 spiro atoms. The van der Waals surface area contributed by atoms with Crippen LogP contribution in [-0.4, -0.2) is 33.2 Å². The zero-order chi connectivity index (χ0) is 18.5. The molecule has 138 valence electrons. The van der Waals surface area contributed by atoms with Gasteiger partial charge in [-0.3, -0.25) is 4.79 Å². The largest absolute Gasteiger partial charge is 0.497 e. The third kappa shape index (κ3) is 4.17. The molecule has 2 aromatic rings. The fourth-order valence-corrected chi connectivity index (χ4v) is 3.74. The highest BCUT2D eigenvalue weighted by Gasteiger charge is 2.33. The lowest BCUT2D eigenvalue weighted by Gasteiger charge is -2.23. The molecule has 1 saturated heterocycles. The summed E-state index contributed by atoms with van der Waals surface area (Å²) in [5, 5.41) is 3.02. The number of carbonyl (C=O) groups excluding carboxylic acids is 1. The normalized spacial score (nSPS) is 19.2. The number of anilines is 1. The number of amides is 1. The number of rotatable bonds is 6. The van der Waals surface area contributed by atoms with E-state index in [-0.39, 0.29) is 11.9 Å². The minimum absolute atomic E-state index is 0.0463. The first kappa shape index (κ1) is 18.3. The number of nitrogens with one attached hydrogen (secondary N) is 2. The highest BCUT2D eigenvalue weighted by Crippen LogP contribution is 2.31. The van der Waals surface area contributed by atoms with Gasteiger partial charge >= 0.3 is 0 Å². The van der Waals surface area contributed by atoms with Crippen molar-refractivity contribution >= 4 is 11.6 Å². The molecular formula is C21H27N2O3+. The van der Waals surface area contributed by atoms with Crippen molar-refractivity contribution in [1.82, 2.24) is 0 Å². The number of ether oxygens (including phenoxy) is 2. The van der Waals surface area contributed by atoms with Crippen LogP contribution in [0.5, 0.6) is 11.5 Å². The van der Waals surface area contributed by atoms with Gasteiger partial charge in [-0.25, -0.2) is 0 Å². The van der Waals surface area contributed by atoms with E-state index >= 15 is 0 Å². The standard InChI is InChI=1S/C21H26N2O3/c1-15-6-4-7-16(12-15)22-21(24)14-23-11-5-8-19(23)18-10-9-17(25-2)13-20(18)26-3/h4,6-7,9-10,12-13,19H,5,8,11,14H2,1-3H3,(H,22,24)/p+1/t19-/m1/s1. The summed E-state index contributed by atoms with van der Waals surface area (Å²) in [5.41, 5.74) is 3.13. The molecule has 1 aliphatic rings. The second-order valence-electron chi connectivity index (χ2n) is 6.81. The highest BCUT2D eigenvalue weighted by atomic mass is 16.5. The van der Waals surface area contributed by atoms with E-state index in [0.29, 0.717) is 6.54 Å². The van der Waals surface area contributed by atoms with Crippen LogP contribution in [0, 0.1) is 6.92 Å². The molecule has 2 atom stereocenters. The Kier molecular flexibility index (Phi) is 5.78. The van der Waals surface area contributed by atoms with E-state index in [1.807, 2.05) is 43.3 Å². The van der Waals surface area contributed by atoms with Crippen molar-refractivity contribution in [3.05, 3.63) is 53.6 Å². The van der Waals surface area contributed by atoms with Gasteiger partial charge in [0.05, 0.1) is 26.3 Å². The lowest BCUT2D eigenvalue weighted by molar-refractivity contribution is -0.910. The van der Waals surface area contributed by atoms with Gasteiger partial charge in [0.25, 0.3) is 5.91 Å². The average Bonchev–Trinajstić information content (AvgIpc) is 3.08. The molecule has 1 heterocycles. The number of aryl methyl sites for hydroxylation is 1. The average molecular weight is 355 g/mol. The van der Waals surface area contributed by atoms with Crippen LogP contribution in [0.2, 0.25) is 0 Å². The topological polar surface area (TPSA) is 52.0 Å². The number of likely N-dealkylation sites (tertiary alicyclic amines) is 1. The van der Waals surface area contributed by atoms with Gasteiger partial charge in [0.15, 0.2) is 6.54 Å². The summed E-state index contributed by atoms with van der Waals surface area (Å²) in [5.74, 6) is 1.65. The highest BCUT2D eigenvalue weighted by molar-refractivity contribution is 5.91. The molecule has 1 amide bonds.